The molecule has 1 N–H and O–H groups in total. The van der Waals surface area contributed by atoms with Crippen molar-refractivity contribution in [2.75, 3.05) is 5.75 Å². The maximum absolute atomic E-state index is 13.0. The molecule has 4 nitrogen and oxygen atoms in total. The first-order valence-electron chi connectivity index (χ1n) is 9.74. The molecule has 6 heteroatoms. The summed E-state index contributed by atoms with van der Waals surface area (Å²) in [5, 5.41) is 2.92. The average Bonchev–Trinajstić information content (AvgIpc) is 2.66. The second-order valence-electron chi connectivity index (χ2n) is 7.47. The van der Waals surface area contributed by atoms with Crippen molar-refractivity contribution in [1.29, 1.82) is 0 Å². The highest BCUT2D eigenvalue weighted by molar-refractivity contribution is 9.10. The Balaban J connectivity index is 2.06. The third-order valence-corrected chi connectivity index (χ3v) is 5.96. The van der Waals surface area contributed by atoms with Gasteiger partial charge in [-0.15, -0.1) is 11.8 Å². The van der Waals surface area contributed by atoms with Crippen molar-refractivity contribution < 1.29 is 9.59 Å². The van der Waals surface area contributed by atoms with Crippen LogP contribution in [0.1, 0.15) is 37.5 Å². The van der Waals surface area contributed by atoms with E-state index in [4.69, 9.17) is 0 Å². The van der Waals surface area contributed by atoms with Gasteiger partial charge in [-0.25, -0.2) is 0 Å². The molecule has 0 unspecified atom stereocenters. The number of halogens is 1. The van der Waals surface area contributed by atoms with Crippen molar-refractivity contribution in [1.82, 2.24) is 10.2 Å². The fourth-order valence-corrected chi connectivity index (χ4v) is 4.05. The van der Waals surface area contributed by atoms with Gasteiger partial charge in [0.05, 0.1) is 5.75 Å². The zero-order valence-corrected chi connectivity index (χ0v) is 19.8. The maximum Gasteiger partial charge on any atom is 0.242 e. The largest absolute Gasteiger partial charge is 0.352 e. The van der Waals surface area contributed by atoms with E-state index in [1.54, 1.807) is 23.6 Å². The number of thioether (sulfide) groups is 1. The standard InChI is InChI=1S/C23H29BrN2O2S/c1-16(2)25-23(28)18(4)26(13-20-7-5-6-17(3)12-20)22(27)15-29-14-19-8-10-21(24)11-9-19/h5-12,16,18H,13-15H2,1-4H3,(H,25,28)/t18-/m0/s1. The van der Waals surface area contributed by atoms with Crippen LogP contribution in [0.2, 0.25) is 0 Å². The van der Waals surface area contributed by atoms with Crippen LogP contribution >= 0.6 is 27.7 Å². The molecule has 0 aliphatic rings. The summed E-state index contributed by atoms with van der Waals surface area (Å²) in [7, 11) is 0. The lowest BCUT2D eigenvalue weighted by molar-refractivity contribution is -0.138. The number of nitrogens with one attached hydrogen (secondary N) is 1. The molecule has 0 saturated carbocycles. The lowest BCUT2D eigenvalue weighted by atomic mass is 10.1. The fraction of sp³-hybridized carbons (Fsp3) is 0.391. The quantitative estimate of drug-likeness (QED) is 0.557. The normalized spacial score (nSPS) is 11.9. The van der Waals surface area contributed by atoms with Crippen LogP contribution in [0.25, 0.3) is 0 Å². The summed E-state index contributed by atoms with van der Waals surface area (Å²) < 4.78 is 1.04. The van der Waals surface area contributed by atoms with Gasteiger partial charge >= 0.3 is 0 Å². The van der Waals surface area contributed by atoms with Gasteiger partial charge in [0.2, 0.25) is 11.8 Å². The van der Waals surface area contributed by atoms with E-state index in [9.17, 15) is 9.59 Å². The lowest BCUT2D eigenvalue weighted by Gasteiger charge is -2.29. The van der Waals surface area contributed by atoms with Gasteiger partial charge in [0.1, 0.15) is 6.04 Å². The van der Waals surface area contributed by atoms with Crippen LogP contribution in [0.3, 0.4) is 0 Å². The van der Waals surface area contributed by atoms with Crippen molar-refractivity contribution >= 4 is 39.5 Å². The van der Waals surface area contributed by atoms with Gasteiger partial charge in [-0.3, -0.25) is 9.59 Å². The number of hydrogen-bond donors (Lipinski definition) is 1. The summed E-state index contributed by atoms with van der Waals surface area (Å²) >= 11 is 5.00. The number of benzene rings is 2. The number of carbonyl (C=O) groups excluding carboxylic acids is 2. The fourth-order valence-electron chi connectivity index (χ4n) is 2.91. The van der Waals surface area contributed by atoms with Crippen molar-refractivity contribution in [3.63, 3.8) is 0 Å². The van der Waals surface area contributed by atoms with Crippen LogP contribution in [0.5, 0.6) is 0 Å². The van der Waals surface area contributed by atoms with E-state index in [1.807, 2.05) is 63.2 Å². The molecule has 2 aromatic carbocycles. The summed E-state index contributed by atoms with van der Waals surface area (Å²) in [5.74, 6) is 0.935. The summed E-state index contributed by atoms with van der Waals surface area (Å²) in [4.78, 5) is 27.3. The highest BCUT2D eigenvalue weighted by Crippen LogP contribution is 2.18. The molecule has 0 fully saturated rings. The molecule has 0 heterocycles. The number of carbonyl (C=O) groups is 2. The van der Waals surface area contributed by atoms with E-state index >= 15 is 0 Å². The van der Waals surface area contributed by atoms with Crippen LogP contribution in [-0.4, -0.2) is 34.6 Å². The first-order chi connectivity index (χ1) is 13.8. The molecule has 156 valence electrons. The number of hydrogen-bond acceptors (Lipinski definition) is 3. The third-order valence-electron chi connectivity index (χ3n) is 4.44. The number of amides is 2. The van der Waals surface area contributed by atoms with Crippen molar-refractivity contribution in [3.8, 4) is 0 Å². The van der Waals surface area contributed by atoms with Crippen LogP contribution in [0.4, 0.5) is 0 Å². The molecule has 0 radical (unpaired) electrons. The third kappa shape index (κ3) is 7.86. The van der Waals surface area contributed by atoms with Crippen LogP contribution in [0.15, 0.2) is 53.0 Å². The Bertz CT molecular complexity index is 824. The van der Waals surface area contributed by atoms with E-state index in [1.165, 1.54) is 5.56 Å². The Morgan fingerprint density at radius 1 is 1.07 bits per heavy atom. The molecule has 2 rings (SSSR count). The molecule has 0 bridgehead atoms. The number of aryl methyl sites for hydroxylation is 1. The van der Waals surface area contributed by atoms with E-state index in [0.717, 1.165) is 21.4 Å². The molecule has 0 aromatic heterocycles. The summed E-state index contributed by atoms with van der Waals surface area (Å²) in [6, 6.07) is 15.7. The van der Waals surface area contributed by atoms with Gasteiger partial charge < -0.3 is 10.2 Å². The highest BCUT2D eigenvalue weighted by atomic mass is 79.9. The van der Waals surface area contributed by atoms with Gasteiger partial charge in [-0.05, 0) is 51.0 Å². The van der Waals surface area contributed by atoms with Gasteiger partial charge in [0.15, 0.2) is 0 Å². The molecule has 1 atom stereocenters. The van der Waals surface area contributed by atoms with Crippen molar-refractivity contribution in [3.05, 3.63) is 69.7 Å². The minimum atomic E-state index is -0.529. The minimum Gasteiger partial charge on any atom is -0.352 e. The SMILES string of the molecule is Cc1cccc(CN(C(=O)CSCc2ccc(Br)cc2)[C@@H](C)C(=O)NC(C)C)c1. The maximum atomic E-state index is 13.0. The second kappa shape index (κ2) is 11.4. The van der Waals surface area contributed by atoms with Gasteiger partial charge in [-0.1, -0.05) is 57.9 Å². The Morgan fingerprint density at radius 2 is 1.76 bits per heavy atom. The molecule has 0 spiro atoms. The molecule has 0 aliphatic heterocycles. The summed E-state index contributed by atoms with van der Waals surface area (Å²) in [6.07, 6.45) is 0. The smallest absolute Gasteiger partial charge is 0.242 e. The average molecular weight is 477 g/mol. The number of nitrogens with zero attached hydrogens (tertiary/aromatic N) is 1. The monoisotopic (exact) mass is 476 g/mol. The van der Waals surface area contributed by atoms with Crippen LogP contribution in [-0.2, 0) is 21.9 Å². The lowest BCUT2D eigenvalue weighted by Crippen LogP contribution is -2.49. The van der Waals surface area contributed by atoms with Gasteiger partial charge in [0.25, 0.3) is 0 Å². The topological polar surface area (TPSA) is 49.4 Å². The molecule has 0 aliphatic carbocycles. The van der Waals surface area contributed by atoms with Gasteiger partial charge in [-0.2, -0.15) is 0 Å². The second-order valence-corrected chi connectivity index (χ2v) is 9.37. The van der Waals surface area contributed by atoms with E-state index in [-0.39, 0.29) is 17.9 Å². The first-order valence-corrected chi connectivity index (χ1v) is 11.7. The molecule has 0 saturated heterocycles. The zero-order valence-electron chi connectivity index (χ0n) is 17.4. The van der Waals surface area contributed by atoms with E-state index in [0.29, 0.717) is 12.3 Å². The first kappa shape index (κ1) is 23.5. The van der Waals surface area contributed by atoms with Crippen LogP contribution in [0, 0.1) is 6.92 Å². The number of rotatable bonds is 9. The van der Waals surface area contributed by atoms with Gasteiger partial charge in [0, 0.05) is 22.8 Å². The zero-order chi connectivity index (χ0) is 21.4. The predicted molar refractivity (Wildman–Crippen MR) is 125 cm³/mol. The van der Waals surface area contributed by atoms with E-state index < -0.39 is 6.04 Å². The summed E-state index contributed by atoms with van der Waals surface area (Å²) in [5.41, 5.74) is 3.33. The highest BCUT2D eigenvalue weighted by Gasteiger charge is 2.26. The van der Waals surface area contributed by atoms with Crippen molar-refractivity contribution in [2.24, 2.45) is 0 Å². The van der Waals surface area contributed by atoms with E-state index in [2.05, 4.69) is 27.3 Å². The Hall–Kier alpha value is -1.79. The minimum absolute atomic E-state index is 0.0278. The Labute approximate surface area is 186 Å². The van der Waals surface area contributed by atoms with Crippen LogP contribution < -0.4 is 5.32 Å². The molecular weight excluding hydrogens is 448 g/mol. The molecule has 2 aromatic rings. The Morgan fingerprint density at radius 3 is 2.38 bits per heavy atom. The molecule has 29 heavy (non-hydrogen) atoms. The predicted octanol–water partition coefficient (Wildman–Crippen LogP) is 4.93. The summed E-state index contributed by atoms with van der Waals surface area (Å²) in [6.45, 7) is 8.09. The Kier molecular flexibility index (Phi) is 9.24. The molecule has 2 amide bonds. The molecular formula is C23H29BrN2O2S. The van der Waals surface area contributed by atoms with Crippen molar-refractivity contribution in [2.45, 2.75) is 52.1 Å².